The van der Waals surface area contributed by atoms with Crippen LogP contribution in [0.5, 0.6) is 0 Å². The third kappa shape index (κ3) is 4.53. The van der Waals surface area contributed by atoms with Crippen molar-refractivity contribution < 1.29 is 14.7 Å². The predicted molar refractivity (Wildman–Crippen MR) is 107 cm³/mol. The van der Waals surface area contributed by atoms with E-state index in [1.54, 1.807) is 0 Å². The van der Waals surface area contributed by atoms with Crippen LogP contribution in [0.4, 0.5) is 0 Å². The van der Waals surface area contributed by atoms with Crippen molar-refractivity contribution in [3.05, 3.63) is 82.9 Å². The molecule has 0 spiro atoms. The van der Waals surface area contributed by atoms with Crippen molar-refractivity contribution in [3.63, 3.8) is 0 Å². The van der Waals surface area contributed by atoms with E-state index in [1.165, 1.54) is 0 Å². The number of amides is 1. The number of hydrogen-bond donors (Lipinski definition) is 2. The van der Waals surface area contributed by atoms with Crippen LogP contribution >= 0.6 is 0 Å². The summed E-state index contributed by atoms with van der Waals surface area (Å²) in [5.74, 6) is -1.31. The van der Waals surface area contributed by atoms with Crippen molar-refractivity contribution in [1.82, 2.24) is 5.32 Å². The first-order valence-electron chi connectivity index (χ1n) is 8.99. The molecule has 0 heterocycles. The number of aryl methyl sites for hydroxylation is 2. The van der Waals surface area contributed by atoms with Gasteiger partial charge in [-0.3, -0.25) is 4.79 Å². The summed E-state index contributed by atoms with van der Waals surface area (Å²) in [5.41, 5.74) is 3.90. The molecule has 0 saturated heterocycles. The molecule has 0 unspecified atom stereocenters. The Morgan fingerprint density at radius 1 is 0.926 bits per heavy atom. The van der Waals surface area contributed by atoms with Crippen molar-refractivity contribution in [2.45, 2.75) is 32.7 Å². The van der Waals surface area contributed by atoms with Crippen molar-refractivity contribution >= 4 is 22.6 Å². The van der Waals surface area contributed by atoms with E-state index in [-0.39, 0.29) is 18.7 Å². The Morgan fingerprint density at radius 2 is 1.59 bits per heavy atom. The summed E-state index contributed by atoms with van der Waals surface area (Å²) in [6.07, 6.45) is 0.429. The first kappa shape index (κ1) is 18.6. The number of rotatable bonds is 6. The largest absolute Gasteiger partial charge is 0.480 e. The van der Waals surface area contributed by atoms with Crippen LogP contribution in [-0.4, -0.2) is 23.0 Å². The lowest BCUT2D eigenvalue weighted by atomic mass is 9.96. The Balaban J connectivity index is 1.72. The number of benzene rings is 3. The van der Waals surface area contributed by atoms with Crippen LogP contribution < -0.4 is 5.32 Å². The van der Waals surface area contributed by atoms with Crippen LogP contribution in [0.2, 0.25) is 0 Å². The maximum absolute atomic E-state index is 12.4. The zero-order valence-corrected chi connectivity index (χ0v) is 15.5. The Kier molecular flexibility index (Phi) is 5.55. The molecule has 0 aliphatic carbocycles. The molecule has 4 nitrogen and oxygen atoms in total. The fourth-order valence-electron chi connectivity index (χ4n) is 3.35. The molecule has 3 aromatic carbocycles. The fraction of sp³-hybridized carbons (Fsp3) is 0.217. The third-order valence-electron chi connectivity index (χ3n) is 4.86. The molecule has 0 bridgehead atoms. The highest BCUT2D eigenvalue weighted by molar-refractivity contribution is 5.87. The number of fused-ring (bicyclic) bond motifs is 1. The van der Waals surface area contributed by atoms with Gasteiger partial charge >= 0.3 is 5.97 Å². The first-order chi connectivity index (χ1) is 12.9. The minimum atomic E-state index is -1.02. The van der Waals surface area contributed by atoms with E-state index in [2.05, 4.69) is 5.32 Å². The molecule has 0 aromatic heterocycles. The van der Waals surface area contributed by atoms with Gasteiger partial charge in [0.25, 0.3) is 0 Å². The number of carbonyl (C=O) groups is 2. The molecule has 2 N–H and O–H groups in total. The van der Waals surface area contributed by atoms with Crippen molar-refractivity contribution in [2.75, 3.05) is 0 Å². The van der Waals surface area contributed by atoms with Crippen molar-refractivity contribution in [2.24, 2.45) is 0 Å². The van der Waals surface area contributed by atoms with Gasteiger partial charge in [0.15, 0.2) is 0 Å². The predicted octanol–water partition coefficient (Wildman–Crippen LogP) is 3.81. The third-order valence-corrected chi connectivity index (χ3v) is 4.86. The van der Waals surface area contributed by atoms with Crippen LogP contribution in [0.25, 0.3) is 10.8 Å². The number of hydrogen-bond acceptors (Lipinski definition) is 2. The average molecular weight is 361 g/mol. The highest BCUT2D eigenvalue weighted by Crippen LogP contribution is 2.17. The summed E-state index contributed by atoms with van der Waals surface area (Å²) >= 11 is 0. The van der Waals surface area contributed by atoms with Gasteiger partial charge in [0.05, 0.1) is 6.42 Å². The molecule has 1 atom stereocenters. The van der Waals surface area contributed by atoms with Crippen LogP contribution in [0.15, 0.2) is 60.7 Å². The van der Waals surface area contributed by atoms with Gasteiger partial charge in [-0.25, -0.2) is 4.79 Å². The first-order valence-corrected chi connectivity index (χ1v) is 8.99. The molecule has 3 aromatic rings. The maximum atomic E-state index is 12.4. The van der Waals surface area contributed by atoms with Crippen LogP contribution in [0.1, 0.15) is 22.3 Å². The second-order valence-electron chi connectivity index (χ2n) is 6.89. The van der Waals surface area contributed by atoms with Crippen LogP contribution in [-0.2, 0) is 22.4 Å². The molecular formula is C23H23NO3. The van der Waals surface area contributed by atoms with E-state index < -0.39 is 12.0 Å². The van der Waals surface area contributed by atoms with E-state index in [4.69, 9.17) is 0 Å². The molecule has 0 aliphatic heterocycles. The standard InChI is InChI=1S/C23H23NO3/c1-15-6-5-7-16(2)20(15)14-21(23(26)27)24-22(25)13-17-10-11-18-8-3-4-9-19(18)12-17/h3-12,21H,13-14H2,1-2H3,(H,24,25)(H,26,27)/t21-/m1/s1. The molecular weight excluding hydrogens is 338 g/mol. The average Bonchev–Trinajstić information content (AvgIpc) is 2.63. The molecule has 4 heteroatoms. The molecule has 0 aliphatic rings. The summed E-state index contributed by atoms with van der Waals surface area (Å²) in [6, 6.07) is 18.7. The zero-order valence-electron chi connectivity index (χ0n) is 15.5. The highest BCUT2D eigenvalue weighted by atomic mass is 16.4. The number of carboxylic acids is 1. The minimum absolute atomic E-state index is 0.154. The van der Waals surface area contributed by atoms with Gasteiger partial charge in [0.2, 0.25) is 5.91 Å². The summed E-state index contributed by atoms with van der Waals surface area (Å²) in [5, 5.41) is 14.4. The lowest BCUT2D eigenvalue weighted by Crippen LogP contribution is -2.43. The second-order valence-corrected chi connectivity index (χ2v) is 6.89. The molecule has 1 amide bonds. The Hall–Kier alpha value is -3.14. The van der Waals surface area contributed by atoms with Crippen LogP contribution in [0, 0.1) is 13.8 Å². The summed E-state index contributed by atoms with van der Waals surface area (Å²) in [4.78, 5) is 24.1. The van der Waals surface area contributed by atoms with Crippen molar-refractivity contribution in [3.8, 4) is 0 Å². The van der Waals surface area contributed by atoms with E-state index in [0.717, 1.165) is 33.0 Å². The summed E-state index contributed by atoms with van der Waals surface area (Å²) in [7, 11) is 0. The molecule has 0 radical (unpaired) electrons. The number of nitrogens with one attached hydrogen (secondary N) is 1. The van der Waals surface area contributed by atoms with Crippen molar-refractivity contribution in [1.29, 1.82) is 0 Å². The molecule has 138 valence electrons. The van der Waals surface area contributed by atoms with Gasteiger partial charge in [0, 0.05) is 6.42 Å². The SMILES string of the molecule is Cc1cccc(C)c1C[C@@H](NC(=O)Cc1ccc2ccccc2c1)C(=O)O. The lowest BCUT2D eigenvalue weighted by molar-refractivity contribution is -0.141. The number of aliphatic carboxylic acids is 1. The monoisotopic (exact) mass is 361 g/mol. The zero-order chi connectivity index (χ0) is 19.4. The number of carbonyl (C=O) groups excluding carboxylic acids is 1. The number of carboxylic acid groups (broad SMARTS) is 1. The second kappa shape index (κ2) is 8.04. The fourth-order valence-corrected chi connectivity index (χ4v) is 3.35. The lowest BCUT2D eigenvalue weighted by Gasteiger charge is -2.17. The Morgan fingerprint density at radius 3 is 2.26 bits per heavy atom. The van der Waals surface area contributed by atoms with E-state index in [9.17, 15) is 14.7 Å². The van der Waals surface area contributed by atoms with Gasteiger partial charge in [-0.1, -0.05) is 60.7 Å². The van der Waals surface area contributed by atoms with Gasteiger partial charge in [-0.15, -0.1) is 0 Å². The Labute approximate surface area is 158 Å². The normalized spacial score (nSPS) is 11.9. The van der Waals surface area contributed by atoms with Crippen LogP contribution in [0.3, 0.4) is 0 Å². The topological polar surface area (TPSA) is 66.4 Å². The van der Waals surface area contributed by atoms with Gasteiger partial charge in [-0.2, -0.15) is 0 Å². The summed E-state index contributed by atoms with van der Waals surface area (Å²) < 4.78 is 0. The van der Waals surface area contributed by atoms with E-state index in [0.29, 0.717) is 0 Å². The molecule has 27 heavy (non-hydrogen) atoms. The van der Waals surface area contributed by atoms with E-state index in [1.807, 2.05) is 74.5 Å². The highest BCUT2D eigenvalue weighted by Gasteiger charge is 2.22. The van der Waals surface area contributed by atoms with E-state index >= 15 is 0 Å². The molecule has 0 fully saturated rings. The summed E-state index contributed by atoms with van der Waals surface area (Å²) in [6.45, 7) is 3.91. The minimum Gasteiger partial charge on any atom is -0.480 e. The quantitative estimate of drug-likeness (QED) is 0.702. The molecule has 0 saturated carbocycles. The van der Waals surface area contributed by atoms with Gasteiger partial charge in [0.1, 0.15) is 6.04 Å². The van der Waals surface area contributed by atoms with Gasteiger partial charge < -0.3 is 10.4 Å². The maximum Gasteiger partial charge on any atom is 0.326 e. The van der Waals surface area contributed by atoms with Gasteiger partial charge in [-0.05, 0) is 46.9 Å². The molecule has 3 rings (SSSR count). The Bertz CT molecular complexity index is 974. The smallest absolute Gasteiger partial charge is 0.326 e.